The molecule has 15 heavy (non-hydrogen) atoms. The number of hydrogen-bond donors (Lipinski definition) is 2. The normalized spacial score (nSPS) is 26.2. The highest BCUT2D eigenvalue weighted by atomic mass is 16.1. The molecule has 0 radical (unpaired) electrons. The fourth-order valence-corrected chi connectivity index (χ4v) is 2.10. The zero-order chi connectivity index (χ0) is 10.7. The van der Waals surface area contributed by atoms with Crippen molar-refractivity contribution in [1.82, 2.24) is 15.2 Å². The molecule has 5 nitrogen and oxygen atoms in total. The summed E-state index contributed by atoms with van der Waals surface area (Å²) in [5, 5.41) is 9.25. The summed E-state index contributed by atoms with van der Waals surface area (Å²) in [6, 6.07) is 0.426. The fraction of sp³-hybridized carbons (Fsp3) is 0.700. The Bertz CT molecular complexity index is 376. The maximum atomic E-state index is 10.9. The van der Waals surface area contributed by atoms with Crippen LogP contribution in [-0.4, -0.2) is 21.2 Å². The van der Waals surface area contributed by atoms with Crippen molar-refractivity contribution in [3.8, 4) is 0 Å². The van der Waals surface area contributed by atoms with Crippen LogP contribution >= 0.6 is 0 Å². The lowest BCUT2D eigenvalue weighted by molar-refractivity contribution is 0.349. The maximum Gasteiger partial charge on any atom is 0.363 e. The molecular weight excluding hydrogens is 192 g/mol. The third-order valence-electron chi connectivity index (χ3n) is 3.01. The second-order valence-electron chi connectivity index (χ2n) is 4.18. The Kier molecular flexibility index (Phi) is 2.99. The first-order valence-electron chi connectivity index (χ1n) is 5.44. The molecule has 82 valence electrons. The van der Waals surface area contributed by atoms with Crippen LogP contribution in [0.1, 0.15) is 32.6 Å². The molecule has 0 saturated heterocycles. The predicted molar refractivity (Wildman–Crippen MR) is 57.7 cm³/mol. The third-order valence-corrected chi connectivity index (χ3v) is 3.01. The van der Waals surface area contributed by atoms with Crippen LogP contribution < -0.4 is 11.0 Å². The lowest BCUT2D eigenvalue weighted by Crippen LogP contribution is -2.31. The van der Waals surface area contributed by atoms with Crippen molar-refractivity contribution in [3.05, 3.63) is 16.7 Å². The van der Waals surface area contributed by atoms with Gasteiger partial charge in [0.1, 0.15) is 0 Å². The van der Waals surface area contributed by atoms with Crippen molar-refractivity contribution >= 4 is 5.82 Å². The van der Waals surface area contributed by atoms with Crippen LogP contribution in [0, 0.1) is 5.92 Å². The van der Waals surface area contributed by atoms with E-state index in [0.717, 1.165) is 6.42 Å². The van der Waals surface area contributed by atoms with Gasteiger partial charge in [-0.2, -0.15) is 10.1 Å². The van der Waals surface area contributed by atoms with Crippen LogP contribution in [0.3, 0.4) is 0 Å². The Morgan fingerprint density at radius 1 is 1.47 bits per heavy atom. The summed E-state index contributed by atoms with van der Waals surface area (Å²) < 4.78 is 0. The van der Waals surface area contributed by atoms with Gasteiger partial charge < -0.3 is 5.32 Å². The molecule has 1 aromatic rings. The first kappa shape index (κ1) is 10.1. The molecule has 1 aromatic heterocycles. The van der Waals surface area contributed by atoms with E-state index >= 15 is 0 Å². The maximum absolute atomic E-state index is 10.9. The Labute approximate surface area is 88.3 Å². The molecule has 2 rings (SSSR count). The van der Waals surface area contributed by atoms with Crippen LogP contribution in [0.2, 0.25) is 0 Å². The summed E-state index contributed by atoms with van der Waals surface area (Å²) >= 11 is 0. The van der Waals surface area contributed by atoms with Gasteiger partial charge in [-0.1, -0.05) is 19.8 Å². The monoisotopic (exact) mass is 208 g/mol. The van der Waals surface area contributed by atoms with Gasteiger partial charge in [0.05, 0.1) is 6.20 Å². The molecule has 0 aliphatic heterocycles. The number of H-pyrrole nitrogens is 1. The molecular formula is C10H16N4O. The van der Waals surface area contributed by atoms with Crippen molar-refractivity contribution < 1.29 is 0 Å². The molecule has 5 heteroatoms. The highest BCUT2D eigenvalue weighted by Gasteiger charge is 2.21. The lowest BCUT2D eigenvalue weighted by Gasteiger charge is -2.29. The molecule has 0 spiro atoms. The van der Waals surface area contributed by atoms with E-state index in [4.69, 9.17) is 0 Å². The number of nitrogens with one attached hydrogen (secondary N) is 2. The molecule has 0 amide bonds. The van der Waals surface area contributed by atoms with Gasteiger partial charge in [-0.05, 0) is 18.8 Å². The zero-order valence-corrected chi connectivity index (χ0v) is 8.86. The molecule has 0 unspecified atom stereocenters. The first-order chi connectivity index (χ1) is 7.25. The van der Waals surface area contributed by atoms with Crippen molar-refractivity contribution in [2.24, 2.45) is 5.92 Å². The summed E-state index contributed by atoms with van der Waals surface area (Å²) in [6.07, 6.45) is 6.51. The topological polar surface area (TPSA) is 70.7 Å². The number of aromatic amines is 1. The molecule has 1 heterocycles. The molecule has 1 aliphatic carbocycles. The van der Waals surface area contributed by atoms with E-state index in [2.05, 4.69) is 27.4 Å². The predicted octanol–water partition coefficient (Wildman–Crippen LogP) is 1.16. The Morgan fingerprint density at radius 3 is 3.00 bits per heavy atom. The van der Waals surface area contributed by atoms with Crippen LogP contribution in [0.15, 0.2) is 11.0 Å². The highest BCUT2D eigenvalue weighted by molar-refractivity contribution is 5.31. The van der Waals surface area contributed by atoms with E-state index in [-0.39, 0.29) is 0 Å². The van der Waals surface area contributed by atoms with Gasteiger partial charge >= 0.3 is 5.69 Å². The molecule has 0 bridgehead atoms. The summed E-state index contributed by atoms with van der Waals surface area (Å²) in [4.78, 5) is 14.8. The number of aromatic nitrogens is 3. The quantitative estimate of drug-likeness (QED) is 0.765. The van der Waals surface area contributed by atoms with Crippen LogP contribution in [0.5, 0.6) is 0 Å². The van der Waals surface area contributed by atoms with Crippen LogP contribution in [0.4, 0.5) is 5.82 Å². The van der Waals surface area contributed by atoms with Gasteiger partial charge in [0, 0.05) is 6.04 Å². The number of anilines is 1. The highest BCUT2D eigenvalue weighted by Crippen LogP contribution is 2.25. The van der Waals surface area contributed by atoms with E-state index < -0.39 is 5.69 Å². The van der Waals surface area contributed by atoms with Crippen LogP contribution in [0.25, 0.3) is 0 Å². The van der Waals surface area contributed by atoms with E-state index in [0.29, 0.717) is 17.8 Å². The van der Waals surface area contributed by atoms with Crippen molar-refractivity contribution in [1.29, 1.82) is 0 Å². The first-order valence-corrected chi connectivity index (χ1v) is 5.44. The van der Waals surface area contributed by atoms with Crippen LogP contribution in [-0.2, 0) is 0 Å². The summed E-state index contributed by atoms with van der Waals surface area (Å²) in [5.74, 6) is 1.22. The summed E-state index contributed by atoms with van der Waals surface area (Å²) in [5.41, 5.74) is -0.400. The average molecular weight is 208 g/mol. The van der Waals surface area contributed by atoms with Crippen molar-refractivity contribution in [2.75, 3.05) is 5.32 Å². The molecule has 2 atom stereocenters. The molecule has 1 fully saturated rings. The minimum atomic E-state index is -0.400. The summed E-state index contributed by atoms with van der Waals surface area (Å²) in [7, 11) is 0. The van der Waals surface area contributed by atoms with Gasteiger partial charge in [0.25, 0.3) is 0 Å². The Hall–Kier alpha value is -1.39. The van der Waals surface area contributed by atoms with E-state index in [1.165, 1.54) is 19.3 Å². The van der Waals surface area contributed by atoms with Gasteiger partial charge in [0.15, 0.2) is 5.82 Å². The van der Waals surface area contributed by atoms with Gasteiger partial charge in [-0.15, -0.1) is 0 Å². The standard InChI is InChI=1S/C10H16N4O/c1-7-4-2-3-5-8(7)12-9-6-11-14-10(15)13-9/h6-8H,2-5H2,1H3,(H2,12,13,14,15)/t7-,8+/m0/s1. The molecule has 1 saturated carbocycles. The Morgan fingerprint density at radius 2 is 2.27 bits per heavy atom. The van der Waals surface area contributed by atoms with Gasteiger partial charge in [-0.25, -0.2) is 9.89 Å². The molecule has 2 N–H and O–H groups in total. The van der Waals surface area contributed by atoms with Crippen molar-refractivity contribution in [2.45, 2.75) is 38.6 Å². The van der Waals surface area contributed by atoms with Gasteiger partial charge in [0.2, 0.25) is 0 Å². The minimum Gasteiger partial charge on any atom is -0.366 e. The van der Waals surface area contributed by atoms with E-state index in [1.807, 2.05) is 0 Å². The fourth-order valence-electron chi connectivity index (χ4n) is 2.10. The van der Waals surface area contributed by atoms with E-state index in [9.17, 15) is 4.79 Å². The second kappa shape index (κ2) is 4.42. The number of nitrogens with zero attached hydrogens (tertiary/aromatic N) is 2. The summed E-state index contributed by atoms with van der Waals surface area (Å²) in [6.45, 7) is 2.23. The SMILES string of the molecule is C[C@H]1CCCC[C@H]1Nc1cn[nH]c(=O)n1. The lowest BCUT2D eigenvalue weighted by atomic mass is 9.86. The molecule has 0 aromatic carbocycles. The minimum absolute atomic E-state index is 0.400. The average Bonchev–Trinajstić information content (AvgIpc) is 2.22. The molecule has 1 aliphatic rings. The third kappa shape index (κ3) is 2.55. The second-order valence-corrected chi connectivity index (χ2v) is 4.18. The zero-order valence-electron chi connectivity index (χ0n) is 8.86. The number of rotatable bonds is 2. The largest absolute Gasteiger partial charge is 0.366 e. The smallest absolute Gasteiger partial charge is 0.363 e. The number of hydrogen-bond acceptors (Lipinski definition) is 4. The van der Waals surface area contributed by atoms with Crippen molar-refractivity contribution in [3.63, 3.8) is 0 Å². The van der Waals surface area contributed by atoms with Gasteiger partial charge in [-0.3, -0.25) is 0 Å². The van der Waals surface area contributed by atoms with E-state index in [1.54, 1.807) is 6.20 Å². The Balaban J connectivity index is 2.04.